The lowest BCUT2D eigenvalue weighted by molar-refractivity contribution is 0.594. The van der Waals surface area contributed by atoms with E-state index in [1.54, 1.807) is 75.5 Å². The Kier molecular flexibility index (Phi) is 11.5. The van der Waals surface area contributed by atoms with Gasteiger partial charge < -0.3 is 0 Å². The average molecular weight is 511 g/mol. The van der Waals surface area contributed by atoms with Crippen molar-refractivity contribution < 1.29 is 25.3 Å². The fourth-order valence-electron chi connectivity index (χ4n) is 2.49. The average Bonchev–Trinajstić information content (AvgIpc) is 2.77. The van der Waals surface area contributed by atoms with Crippen LogP contribution in [0.15, 0.2) is 106 Å². The molecule has 0 aromatic heterocycles. The highest BCUT2D eigenvalue weighted by molar-refractivity contribution is 7.93. The van der Waals surface area contributed by atoms with E-state index in [0.29, 0.717) is 0 Å². The summed E-state index contributed by atoms with van der Waals surface area (Å²) in [6.07, 6.45) is 19.0. The standard InChI is InChI=1S/C24H30O6S3/c1-4-7-10-13-16-31(25,26)22-19-23(32(27,28)17-14-11-8-5-2)21-24(20-22)33(29,30)18-15-12-9-6-3/h4-15,19-21H,16-18H2,1-3H3. The zero-order valence-electron chi connectivity index (χ0n) is 19.0. The van der Waals surface area contributed by atoms with E-state index in [2.05, 4.69) is 0 Å². The van der Waals surface area contributed by atoms with Gasteiger partial charge in [0.05, 0.1) is 31.9 Å². The molecule has 0 saturated carbocycles. The van der Waals surface area contributed by atoms with E-state index in [0.717, 1.165) is 18.2 Å². The van der Waals surface area contributed by atoms with Gasteiger partial charge in [-0.2, -0.15) is 0 Å². The minimum absolute atomic E-state index is 0.359. The molecule has 6 nitrogen and oxygen atoms in total. The van der Waals surface area contributed by atoms with Crippen molar-refractivity contribution in [1.29, 1.82) is 0 Å². The van der Waals surface area contributed by atoms with Crippen LogP contribution in [0.5, 0.6) is 0 Å². The molecule has 0 amide bonds. The van der Waals surface area contributed by atoms with Crippen molar-refractivity contribution >= 4 is 29.5 Å². The number of hydrogen-bond donors (Lipinski definition) is 0. The number of allylic oxidation sites excluding steroid dienone is 9. The highest BCUT2D eigenvalue weighted by Gasteiger charge is 2.24. The van der Waals surface area contributed by atoms with E-state index in [1.165, 1.54) is 18.2 Å². The largest absolute Gasteiger partial charge is 0.223 e. The zero-order chi connectivity index (χ0) is 25.0. The van der Waals surface area contributed by atoms with Crippen molar-refractivity contribution in [1.82, 2.24) is 0 Å². The van der Waals surface area contributed by atoms with Crippen LogP contribution in [0.4, 0.5) is 0 Å². The van der Waals surface area contributed by atoms with Crippen LogP contribution in [-0.2, 0) is 29.5 Å². The number of sulfone groups is 3. The molecule has 0 N–H and O–H groups in total. The molecule has 33 heavy (non-hydrogen) atoms. The maximum atomic E-state index is 12.8. The quantitative estimate of drug-likeness (QED) is 0.386. The molecule has 0 aliphatic heterocycles. The number of hydrogen-bond acceptors (Lipinski definition) is 6. The second-order valence-electron chi connectivity index (χ2n) is 6.85. The number of rotatable bonds is 12. The first kappa shape index (κ1) is 28.5. The highest BCUT2D eigenvalue weighted by Crippen LogP contribution is 2.25. The Morgan fingerprint density at radius 3 is 0.939 bits per heavy atom. The van der Waals surface area contributed by atoms with Gasteiger partial charge in [-0.25, -0.2) is 25.3 Å². The Morgan fingerprint density at radius 2 is 0.727 bits per heavy atom. The van der Waals surface area contributed by atoms with E-state index in [9.17, 15) is 25.3 Å². The van der Waals surface area contributed by atoms with Gasteiger partial charge in [0, 0.05) is 0 Å². The van der Waals surface area contributed by atoms with Crippen molar-refractivity contribution in [3.8, 4) is 0 Å². The molecule has 0 fully saturated rings. The Morgan fingerprint density at radius 1 is 0.485 bits per heavy atom. The Bertz CT molecular complexity index is 1120. The van der Waals surface area contributed by atoms with Crippen LogP contribution in [0, 0.1) is 0 Å². The van der Waals surface area contributed by atoms with Crippen molar-refractivity contribution in [3.05, 3.63) is 91.1 Å². The van der Waals surface area contributed by atoms with Gasteiger partial charge in [0.1, 0.15) is 0 Å². The molecular formula is C24H30O6S3. The van der Waals surface area contributed by atoms with Gasteiger partial charge in [-0.05, 0) is 39.0 Å². The van der Waals surface area contributed by atoms with Crippen LogP contribution >= 0.6 is 0 Å². The molecular weight excluding hydrogens is 480 g/mol. The lowest BCUT2D eigenvalue weighted by atomic mass is 10.4. The summed E-state index contributed by atoms with van der Waals surface area (Å²) in [4.78, 5) is -1.08. The maximum Gasteiger partial charge on any atom is 0.182 e. The minimum atomic E-state index is -3.97. The summed E-state index contributed by atoms with van der Waals surface area (Å²) in [6.45, 7) is 5.33. The van der Waals surface area contributed by atoms with E-state index in [4.69, 9.17) is 0 Å². The molecule has 0 spiro atoms. The predicted molar refractivity (Wildman–Crippen MR) is 134 cm³/mol. The molecule has 180 valence electrons. The Balaban J connectivity index is 3.60. The fraction of sp³-hybridized carbons (Fsp3) is 0.250. The molecule has 9 heteroatoms. The summed E-state index contributed by atoms with van der Waals surface area (Å²) < 4.78 is 77.0. The molecule has 0 saturated heterocycles. The highest BCUT2D eigenvalue weighted by atomic mass is 32.2. The monoisotopic (exact) mass is 510 g/mol. The zero-order valence-corrected chi connectivity index (χ0v) is 21.4. The third-order valence-corrected chi connectivity index (χ3v) is 8.95. The summed E-state index contributed by atoms with van der Waals surface area (Å²) in [5, 5.41) is 0. The summed E-state index contributed by atoms with van der Waals surface area (Å²) in [6, 6.07) is 3.06. The molecule has 0 unspecified atom stereocenters. The molecule has 0 aliphatic carbocycles. The first-order chi connectivity index (χ1) is 15.5. The third kappa shape index (κ3) is 9.49. The predicted octanol–water partition coefficient (Wildman–Crippen LogP) is 4.40. The van der Waals surface area contributed by atoms with Crippen molar-refractivity contribution in [2.24, 2.45) is 0 Å². The van der Waals surface area contributed by atoms with Gasteiger partial charge in [0.15, 0.2) is 29.5 Å². The van der Waals surface area contributed by atoms with Gasteiger partial charge >= 0.3 is 0 Å². The lowest BCUT2D eigenvalue weighted by Crippen LogP contribution is -2.13. The van der Waals surface area contributed by atoms with Crippen LogP contribution in [0.25, 0.3) is 0 Å². The van der Waals surface area contributed by atoms with Crippen molar-refractivity contribution in [3.63, 3.8) is 0 Å². The van der Waals surface area contributed by atoms with Crippen molar-refractivity contribution in [2.75, 3.05) is 17.3 Å². The second-order valence-corrected chi connectivity index (χ2v) is 12.9. The van der Waals surface area contributed by atoms with E-state index < -0.39 is 46.8 Å². The van der Waals surface area contributed by atoms with Crippen LogP contribution in [0.3, 0.4) is 0 Å². The van der Waals surface area contributed by atoms with Crippen LogP contribution in [0.1, 0.15) is 20.8 Å². The van der Waals surface area contributed by atoms with Gasteiger partial charge in [0.25, 0.3) is 0 Å². The molecule has 0 atom stereocenters. The van der Waals surface area contributed by atoms with Gasteiger partial charge in [-0.1, -0.05) is 72.9 Å². The summed E-state index contributed by atoms with van der Waals surface area (Å²) >= 11 is 0. The fourth-order valence-corrected chi connectivity index (χ4v) is 6.22. The van der Waals surface area contributed by atoms with Gasteiger partial charge in [-0.3, -0.25) is 0 Å². The SMILES string of the molecule is CC=CC=CCS(=O)(=O)c1cc(S(=O)(=O)CC=CC=CC)cc(S(=O)(=O)CC=CC=CC)c1. The molecule has 1 rings (SSSR count). The molecule has 0 radical (unpaired) electrons. The van der Waals surface area contributed by atoms with E-state index in [1.807, 2.05) is 0 Å². The summed E-state index contributed by atoms with van der Waals surface area (Å²) in [7, 11) is -11.9. The topological polar surface area (TPSA) is 102 Å². The van der Waals surface area contributed by atoms with Gasteiger partial charge in [-0.15, -0.1) is 0 Å². The Hall–Kier alpha value is -2.49. The second kappa shape index (κ2) is 13.3. The minimum Gasteiger partial charge on any atom is -0.223 e. The summed E-state index contributed by atoms with van der Waals surface area (Å²) in [5.74, 6) is -1.20. The van der Waals surface area contributed by atoms with Crippen LogP contribution < -0.4 is 0 Å². The Labute approximate surface area is 198 Å². The van der Waals surface area contributed by atoms with Crippen LogP contribution in [-0.4, -0.2) is 42.5 Å². The van der Waals surface area contributed by atoms with Crippen molar-refractivity contribution in [2.45, 2.75) is 35.5 Å². The molecule has 1 aromatic carbocycles. The molecule has 0 heterocycles. The maximum absolute atomic E-state index is 12.8. The molecule has 0 aliphatic rings. The first-order valence-corrected chi connectivity index (χ1v) is 15.1. The smallest absolute Gasteiger partial charge is 0.182 e. The summed E-state index contributed by atoms with van der Waals surface area (Å²) in [5.41, 5.74) is 0. The third-order valence-electron chi connectivity index (χ3n) is 4.20. The first-order valence-electron chi connectivity index (χ1n) is 10.2. The lowest BCUT2D eigenvalue weighted by Gasteiger charge is -2.10. The van der Waals surface area contributed by atoms with Crippen LogP contribution in [0.2, 0.25) is 0 Å². The molecule has 1 aromatic rings. The normalized spacial score (nSPS) is 14.3. The van der Waals surface area contributed by atoms with E-state index in [-0.39, 0.29) is 14.7 Å². The van der Waals surface area contributed by atoms with Gasteiger partial charge in [0.2, 0.25) is 0 Å². The number of benzene rings is 1. The molecule has 0 bridgehead atoms. The van der Waals surface area contributed by atoms with E-state index >= 15 is 0 Å².